The topological polar surface area (TPSA) is 119 Å². The van der Waals surface area contributed by atoms with Crippen LogP contribution in [0.5, 0.6) is 0 Å². The molecule has 1 amide bonds. The van der Waals surface area contributed by atoms with Gasteiger partial charge in [-0.05, 0) is 64.2 Å². The molecule has 1 aromatic rings. The first-order chi connectivity index (χ1) is 13.9. The number of sulfonamides is 1. The summed E-state index contributed by atoms with van der Waals surface area (Å²) in [5, 5.41) is 6.68. The van der Waals surface area contributed by atoms with Crippen LogP contribution in [0, 0.1) is 0 Å². The quantitative estimate of drug-likeness (QED) is 0.698. The molecule has 8 nitrogen and oxygen atoms in total. The molecule has 30 heavy (non-hydrogen) atoms. The van der Waals surface area contributed by atoms with E-state index >= 15 is 0 Å². The highest BCUT2D eigenvalue weighted by Gasteiger charge is 2.49. The number of hydrogen-bond acceptors (Lipinski definition) is 6. The molecule has 2 saturated heterocycles. The van der Waals surface area contributed by atoms with Crippen molar-refractivity contribution in [1.82, 2.24) is 14.8 Å². The Labute approximate surface area is 183 Å². The first kappa shape index (κ1) is 22.0. The van der Waals surface area contributed by atoms with Crippen LogP contribution in [0.1, 0.15) is 86.4 Å². The van der Waals surface area contributed by atoms with Gasteiger partial charge in [-0.25, -0.2) is 8.42 Å². The number of piperidine rings is 1. The van der Waals surface area contributed by atoms with Crippen LogP contribution in [-0.4, -0.2) is 53.2 Å². The molecule has 0 aromatic carbocycles. The predicted octanol–water partition coefficient (Wildman–Crippen LogP) is 2.30. The summed E-state index contributed by atoms with van der Waals surface area (Å²) >= 11 is 0. The number of fused-ring (bicyclic) bond motifs is 2. The van der Waals surface area contributed by atoms with Crippen molar-refractivity contribution in [3.05, 3.63) is 17.5 Å². The van der Waals surface area contributed by atoms with Crippen LogP contribution in [-0.2, 0) is 10.0 Å². The largest absolute Gasteiger partial charge is 0.360 e. The number of halogens is 1. The Kier molecular flexibility index (Phi) is 6.18. The molecule has 10 heteroatoms. The first-order valence-electron chi connectivity index (χ1n) is 11.0. The fourth-order valence-electron chi connectivity index (χ4n) is 5.44. The standard InChI is InChI=1S/C20H30N4O4S.ClH/c21-13-3-7-17(8-4-13)29(26,27)24-15-5-6-16(24)10-14(9-15)22-20(25)18-11-19(28-23-18)12-1-2-12;/h11-17H,1-10,21H2,(H,22,25);1H/t13?,14-,15-,16+,17?;. The Morgan fingerprint density at radius 1 is 1.07 bits per heavy atom. The summed E-state index contributed by atoms with van der Waals surface area (Å²) in [7, 11) is -3.31. The van der Waals surface area contributed by atoms with Crippen molar-refractivity contribution < 1.29 is 17.7 Å². The molecule has 3 N–H and O–H groups in total. The fraction of sp³-hybridized carbons (Fsp3) is 0.800. The van der Waals surface area contributed by atoms with Crippen LogP contribution >= 0.6 is 12.4 Å². The number of nitrogens with one attached hydrogen (secondary N) is 1. The van der Waals surface area contributed by atoms with Crippen LogP contribution in [0.3, 0.4) is 0 Å². The Morgan fingerprint density at radius 3 is 2.30 bits per heavy atom. The van der Waals surface area contributed by atoms with E-state index in [4.69, 9.17) is 10.3 Å². The summed E-state index contributed by atoms with van der Waals surface area (Å²) in [5.74, 6) is 0.994. The minimum Gasteiger partial charge on any atom is -0.360 e. The van der Waals surface area contributed by atoms with E-state index in [1.807, 2.05) is 0 Å². The normalized spacial score (nSPS) is 34.4. The third-order valence-corrected chi connectivity index (χ3v) is 9.67. The Morgan fingerprint density at radius 2 is 1.70 bits per heavy atom. The fourth-order valence-corrected chi connectivity index (χ4v) is 7.87. The molecule has 4 fully saturated rings. The van der Waals surface area contributed by atoms with Gasteiger partial charge in [0.2, 0.25) is 10.0 Å². The Bertz CT molecular complexity index is 865. The molecule has 2 aliphatic carbocycles. The third-order valence-electron chi connectivity index (χ3n) is 7.18. The molecule has 2 saturated carbocycles. The van der Waals surface area contributed by atoms with E-state index in [0.29, 0.717) is 37.3 Å². The molecule has 4 aliphatic rings. The number of nitrogens with two attached hydrogens (primary N) is 1. The van der Waals surface area contributed by atoms with Crippen molar-refractivity contribution in [2.24, 2.45) is 5.73 Å². The van der Waals surface area contributed by atoms with Crippen molar-refractivity contribution >= 4 is 28.3 Å². The number of hydrogen-bond donors (Lipinski definition) is 2. The van der Waals surface area contributed by atoms with Gasteiger partial charge < -0.3 is 15.6 Å². The average molecular weight is 459 g/mol. The van der Waals surface area contributed by atoms with Gasteiger partial charge in [-0.2, -0.15) is 4.31 Å². The van der Waals surface area contributed by atoms with Gasteiger partial charge in [-0.1, -0.05) is 5.16 Å². The van der Waals surface area contributed by atoms with Gasteiger partial charge in [0.1, 0.15) is 5.76 Å². The van der Waals surface area contributed by atoms with Crippen molar-refractivity contribution in [2.45, 2.75) is 99.5 Å². The molecule has 0 unspecified atom stereocenters. The highest BCUT2D eigenvalue weighted by molar-refractivity contribution is 7.89. The molecule has 3 atom stereocenters. The number of amides is 1. The first-order valence-corrected chi connectivity index (χ1v) is 12.5. The van der Waals surface area contributed by atoms with E-state index in [1.165, 1.54) is 0 Å². The Hall–Kier alpha value is -1.16. The van der Waals surface area contributed by atoms with Gasteiger partial charge in [0.25, 0.3) is 5.91 Å². The highest BCUT2D eigenvalue weighted by atomic mass is 35.5. The molecule has 5 rings (SSSR count). The predicted molar refractivity (Wildman–Crippen MR) is 114 cm³/mol. The lowest BCUT2D eigenvalue weighted by atomic mass is 9.96. The maximum absolute atomic E-state index is 13.3. The second-order valence-corrected chi connectivity index (χ2v) is 11.4. The lowest BCUT2D eigenvalue weighted by molar-refractivity contribution is 0.0899. The maximum Gasteiger partial charge on any atom is 0.273 e. The van der Waals surface area contributed by atoms with Crippen LogP contribution in [0.15, 0.2) is 10.6 Å². The number of nitrogens with zero attached hydrogens (tertiary/aromatic N) is 2. The second kappa shape index (κ2) is 8.41. The van der Waals surface area contributed by atoms with E-state index in [9.17, 15) is 13.2 Å². The van der Waals surface area contributed by atoms with Gasteiger partial charge in [0.15, 0.2) is 5.69 Å². The molecule has 1 aromatic heterocycles. The third kappa shape index (κ3) is 4.13. The summed E-state index contributed by atoms with van der Waals surface area (Å²) in [6.07, 6.45) is 8.17. The minimum absolute atomic E-state index is 0. The van der Waals surface area contributed by atoms with Crippen LogP contribution in [0.4, 0.5) is 0 Å². The van der Waals surface area contributed by atoms with Gasteiger partial charge >= 0.3 is 0 Å². The van der Waals surface area contributed by atoms with E-state index in [1.54, 1.807) is 10.4 Å². The second-order valence-electron chi connectivity index (χ2n) is 9.33. The van der Waals surface area contributed by atoms with Crippen LogP contribution in [0.25, 0.3) is 0 Å². The van der Waals surface area contributed by atoms with Gasteiger partial charge in [0, 0.05) is 36.2 Å². The number of carbonyl (C=O) groups excluding carboxylic acids is 1. The minimum atomic E-state index is -3.31. The van der Waals surface area contributed by atoms with Gasteiger partial charge in [-0.15, -0.1) is 12.4 Å². The van der Waals surface area contributed by atoms with Crippen molar-refractivity contribution in [3.8, 4) is 0 Å². The summed E-state index contributed by atoms with van der Waals surface area (Å²) in [4.78, 5) is 12.6. The lowest BCUT2D eigenvalue weighted by Crippen LogP contribution is -2.55. The summed E-state index contributed by atoms with van der Waals surface area (Å²) in [6.45, 7) is 0. The smallest absolute Gasteiger partial charge is 0.273 e. The molecular weight excluding hydrogens is 428 g/mol. The van der Waals surface area contributed by atoms with E-state index in [-0.39, 0.29) is 47.7 Å². The average Bonchev–Trinajstić information content (AvgIpc) is 3.34. The molecule has 2 bridgehead atoms. The SMILES string of the molecule is Cl.NC1CCC(S(=O)(=O)N2[C@@H]3CC[C@H]2C[C@H](NC(=O)c2cc(C4CC4)on2)C3)CC1. The number of rotatable bonds is 5. The number of carbonyl (C=O) groups is 1. The molecule has 0 spiro atoms. The van der Waals surface area contributed by atoms with Crippen LogP contribution in [0.2, 0.25) is 0 Å². The highest BCUT2D eigenvalue weighted by Crippen LogP contribution is 2.41. The van der Waals surface area contributed by atoms with Crippen LogP contribution < -0.4 is 11.1 Å². The zero-order valence-electron chi connectivity index (χ0n) is 17.0. The Balaban J connectivity index is 0.00000218. The monoisotopic (exact) mass is 458 g/mol. The van der Waals surface area contributed by atoms with Gasteiger partial charge in [0.05, 0.1) is 5.25 Å². The zero-order chi connectivity index (χ0) is 20.2. The molecule has 0 radical (unpaired) electrons. The van der Waals surface area contributed by atoms with E-state index in [0.717, 1.165) is 44.3 Å². The molecule has 2 aliphatic heterocycles. The molecule has 3 heterocycles. The van der Waals surface area contributed by atoms with Crippen molar-refractivity contribution in [3.63, 3.8) is 0 Å². The lowest BCUT2D eigenvalue weighted by Gasteiger charge is -2.40. The maximum atomic E-state index is 13.3. The van der Waals surface area contributed by atoms with Crippen molar-refractivity contribution in [1.29, 1.82) is 0 Å². The van der Waals surface area contributed by atoms with Gasteiger partial charge in [-0.3, -0.25) is 4.79 Å². The van der Waals surface area contributed by atoms with Crippen molar-refractivity contribution in [2.75, 3.05) is 0 Å². The zero-order valence-corrected chi connectivity index (χ0v) is 18.7. The summed E-state index contributed by atoms with van der Waals surface area (Å²) in [5.41, 5.74) is 6.29. The summed E-state index contributed by atoms with van der Waals surface area (Å²) in [6, 6.07) is 1.83. The number of aromatic nitrogens is 1. The van der Waals surface area contributed by atoms with E-state index < -0.39 is 10.0 Å². The molecule has 168 valence electrons. The molecular formula is C20H31ClN4O4S. The summed E-state index contributed by atoms with van der Waals surface area (Å²) < 4.78 is 33.7. The van der Waals surface area contributed by atoms with E-state index in [2.05, 4.69) is 10.5 Å².